The molecule has 0 saturated carbocycles. The number of rotatable bonds is 2. The molecule has 0 aliphatic carbocycles. The highest BCUT2D eigenvalue weighted by Gasteiger charge is 2.39. The van der Waals surface area contributed by atoms with Gasteiger partial charge in [-0.1, -0.05) is 18.2 Å². The number of nitrogens with zero attached hydrogens (tertiary/aromatic N) is 1. The van der Waals surface area contributed by atoms with E-state index < -0.39 is 23.7 Å². The quantitative estimate of drug-likeness (QED) is 0.848. The molecule has 1 unspecified atom stereocenters. The van der Waals surface area contributed by atoms with Gasteiger partial charge in [-0.25, -0.2) is 9.59 Å². The summed E-state index contributed by atoms with van der Waals surface area (Å²) in [4.78, 5) is 29.9. The van der Waals surface area contributed by atoms with Gasteiger partial charge in [0.05, 0.1) is 13.2 Å². The van der Waals surface area contributed by atoms with E-state index in [0.29, 0.717) is 13.0 Å². The van der Waals surface area contributed by atoms with Crippen LogP contribution in [0.2, 0.25) is 0 Å². The summed E-state index contributed by atoms with van der Waals surface area (Å²) in [7, 11) is 0. The molecule has 0 saturated heterocycles. The molecule has 0 bridgehead atoms. The van der Waals surface area contributed by atoms with Crippen molar-refractivity contribution in [3.63, 3.8) is 0 Å². The zero-order chi connectivity index (χ0) is 18.2. The van der Waals surface area contributed by atoms with Gasteiger partial charge in [-0.3, -0.25) is 4.90 Å². The van der Waals surface area contributed by atoms with Gasteiger partial charge in [0.1, 0.15) is 11.6 Å². The number of carbonyl (C=O) groups excluding carboxylic acids is 2. The lowest BCUT2D eigenvalue weighted by molar-refractivity contribution is -0.150. The van der Waals surface area contributed by atoms with E-state index in [4.69, 9.17) is 9.47 Å². The van der Waals surface area contributed by atoms with Gasteiger partial charge in [-0.05, 0) is 39.3 Å². The second kappa shape index (κ2) is 6.43. The molecular weight excluding hydrogens is 320 g/mol. The van der Waals surface area contributed by atoms with Crippen LogP contribution in [0.1, 0.15) is 39.0 Å². The van der Waals surface area contributed by atoms with Gasteiger partial charge in [0.15, 0.2) is 0 Å². The van der Waals surface area contributed by atoms with E-state index in [1.165, 1.54) is 4.90 Å². The lowest BCUT2D eigenvalue weighted by Gasteiger charge is -2.35. The minimum atomic E-state index is -0.679. The maximum atomic E-state index is 12.6. The monoisotopic (exact) mass is 344 g/mol. The Morgan fingerprint density at radius 3 is 2.68 bits per heavy atom. The van der Waals surface area contributed by atoms with Gasteiger partial charge in [0, 0.05) is 23.0 Å². The number of fused-ring (bicyclic) bond motifs is 3. The number of ether oxygens (including phenoxy) is 2. The van der Waals surface area contributed by atoms with Crippen molar-refractivity contribution in [3.8, 4) is 0 Å². The van der Waals surface area contributed by atoms with Gasteiger partial charge < -0.3 is 14.5 Å². The Morgan fingerprint density at radius 1 is 1.28 bits per heavy atom. The molecule has 6 nitrogen and oxygen atoms in total. The van der Waals surface area contributed by atoms with Crippen LogP contribution in [0.4, 0.5) is 4.79 Å². The molecule has 25 heavy (non-hydrogen) atoms. The highest BCUT2D eigenvalue weighted by molar-refractivity contribution is 5.88. The number of amides is 1. The molecule has 0 spiro atoms. The molecular formula is C19H24N2O4. The fourth-order valence-electron chi connectivity index (χ4n) is 3.17. The summed E-state index contributed by atoms with van der Waals surface area (Å²) in [5.74, 6) is -0.399. The van der Waals surface area contributed by atoms with Gasteiger partial charge in [0.2, 0.25) is 0 Å². The molecule has 2 heterocycles. The number of H-pyrrole nitrogens is 1. The van der Waals surface area contributed by atoms with Gasteiger partial charge in [0.25, 0.3) is 0 Å². The van der Waals surface area contributed by atoms with Crippen LogP contribution in [0, 0.1) is 0 Å². The number of aromatic amines is 1. The third-order valence-electron chi connectivity index (χ3n) is 4.19. The molecule has 1 aromatic carbocycles. The number of carbonyl (C=O) groups is 2. The molecule has 0 fully saturated rings. The lowest BCUT2D eigenvalue weighted by atomic mass is 9.97. The highest BCUT2D eigenvalue weighted by Crippen LogP contribution is 2.31. The van der Waals surface area contributed by atoms with Crippen LogP contribution in [0.5, 0.6) is 0 Å². The molecule has 1 aliphatic heterocycles. The maximum absolute atomic E-state index is 12.6. The molecule has 134 valence electrons. The normalized spacial score (nSPS) is 17.3. The molecule has 1 aliphatic rings. The lowest BCUT2D eigenvalue weighted by Crippen LogP contribution is -2.50. The predicted molar refractivity (Wildman–Crippen MR) is 94.2 cm³/mol. The van der Waals surface area contributed by atoms with Crippen molar-refractivity contribution in [3.05, 3.63) is 35.5 Å². The zero-order valence-electron chi connectivity index (χ0n) is 15.1. The molecule has 3 rings (SSSR count). The Labute approximate surface area is 147 Å². The molecule has 1 atom stereocenters. The first-order chi connectivity index (χ1) is 11.8. The molecule has 1 N–H and O–H groups in total. The van der Waals surface area contributed by atoms with Crippen molar-refractivity contribution in [1.82, 2.24) is 9.88 Å². The van der Waals surface area contributed by atoms with Crippen molar-refractivity contribution in [1.29, 1.82) is 0 Å². The summed E-state index contributed by atoms with van der Waals surface area (Å²) in [6.07, 6.45) is -0.0907. The van der Waals surface area contributed by atoms with Crippen LogP contribution < -0.4 is 0 Å². The summed E-state index contributed by atoms with van der Waals surface area (Å²) >= 11 is 0. The van der Waals surface area contributed by atoms with Crippen molar-refractivity contribution in [2.45, 2.75) is 52.3 Å². The average Bonchev–Trinajstić information content (AvgIpc) is 2.90. The van der Waals surface area contributed by atoms with Crippen LogP contribution >= 0.6 is 0 Å². The van der Waals surface area contributed by atoms with Crippen LogP contribution in [0.15, 0.2) is 24.3 Å². The van der Waals surface area contributed by atoms with E-state index >= 15 is 0 Å². The van der Waals surface area contributed by atoms with Crippen molar-refractivity contribution >= 4 is 23.0 Å². The smallest absolute Gasteiger partial charge is 0.411 e. The first-order valence-electron chi connectivity index (χ1n) is 8.55. The minimum absolute atomic E-state index is 0.276. The van der Waals surface area contributed by atoms with Crippen LogP contribution in [-0.2, 0) is 27.2 Å². The number of hydrogen-bond acceptors (Lipinski definition) is 4. The van der Waals surface area contributed by atoms with Crippen LogP contribution in [0.25, 0.3) is 10.9 Å². The maximum Gasteiger partial charge on any atom is 0.411 e. The third kappa shape index (κ3) is 3.48. The molecule has 1 amide bonds. The van der Waals surface area contributed by atoms with Gasteiger partial charge in [-0.15, -0.1) is 0 Å². The average molecular weight is 344 g/mol. The molecule has 2 aromatic rings. The van der Waals surface area contributed by atoms with Crippen LogP contribution in [0.3, 0.4) is 0 Å². The number of hydrogen-bond donors (Lipinski definition) is 1. The third-order valence-corrected chi connectivity index (χ3v) is 4.19. The number of esters is 1. The number of para-hydroxylation sites is 1. The second-order valence-corrected chi connectivity index (χ2v) is 7.21. The van der Waals surface area contributed by atoms with E-state index in [9.17, 15) is 9.59 Å². The zero-order valence-corrected chi connectivity index (χ0v) is 15.1. The van der Waals surface area contributed by atoms with Crippen molar-refractivity contribution in [2.75, 3.05) is 6.61 Å². The van der Waals surface area contributed by atoms with Crippen LogP contribution in [-0.4, -0.2) is 40.2 Å². The first-order valence-corrected chi connectivity index (χ1v) is 8.55. The number of nitrogens with one attached hydrogen (secondary N) is 1. The number of benzene rings is 1. The first kappa shape index (κ1) is 17.3. The summed E-state index contributed by atoms with van der Waals surface area (Å²) < 4.78 is 10.7. The highest BCUT2D eigenvalue weighted by atomic mass is 16.6. The fourth-order valence-corrected chi connectivity index (χ4v) is 3.17. The van der Waals surface area contributed by atoms with Crippen molar-refractivity contribution in [2.24, 2.45) is 0 Å². The molecule has 1 aromatic heterocycles. The minimum Gasteiger partial charge on any atom is -0.464 e. The second-order valence-electron chi connectivity index (χ2n) is 7.21. The summed E-state index contributed by atoms with van der Waals surface area (Å²) in [5, 5.41) is 1.08. The summed E-state index contributed by atoms with van der Waals surface area (Å²) in [6, 6.07) is 7.26. The molecule has 6 heteroatoms. The predicted octanol–water partition coefficient (Wildman–Crippen LogP) is 3.39. The SMILES string of the molecule is CCOC(=O)C1Cc2c([nH]c3ccccc23)CN1C(=O)OC(C)(C)C. The Kier molecular flexibility index (Phi) is 4.45. The largest absolute Gasteiger partial charge is 0.464 e. The Bertz CT molecular complexity index is 803. The Hall–Kier alpha value is -2.50. The van der Waals surface area contributed by atoms with E-state index in [1.807, 2.05) is 45.0 Å². The van der Waals surface area contributed by atoms with E-state index in [-0.39, 0.29) is 6.61 Å². The van der Waals surface area contributed by atoms with E-state index in [2.05, 4.69) is 4.98 Å². The Morgan fingerprint density at radius 2 is 2.00 bits per heavy atom. The van der Waals surface area contributed by atoms with E-state index in [0.717, 1.165) is 22.2 Å². The van der Waals surface area contributed by atoms with Gasteiger partial charge in [-0.2, -0.15) is 0 Å². The summed E-state index contributed by atoms with van der Waals surface area (Å²) in [6.45, 7) is 7.75. The van der Waals surface area contributed by atoms with Gasteiger partial charge >= 0.3 is 12.1 Å². The van der Waals surface area contributed by atoms with Crippen molar-refractivity contribution < 1.29 is 19.1 Å². The fraction of sp³-hybridized carbons (Fsp3) is 0.474. The number of aromatic nitrogens is 1. The summed E-state index contributed by atoms with van der Waals surface area (Å²) in [5.41, 5.74) is 2.37. The topological polar surface area (TPSA) is 71.6 Å². The standard InChI is InChI=1S/C19H24N2O4/c1-5-24-17(22)16-10-13-12-8-6-7-9-14(12)20-15(13)11-21(16)18(23)25-19(2,3)4/h6-9,16,20H,5,10-11H2,1-4H3. The molecule has 0 radical (unpaired) electrons. The Balaban J connectivity index is 1.98. The van der Waals surface area contributed by atoms with E-state index in [1.54, 1.807) is 6.92 Å².